The topological polar surface area (TPSA) is 37.8 Å². The largest absolute Gasteiger partial charge is 0.313 e. The van der Waals surface area contributed by atoms with E-state index in [0.29, 0.717) is 6.04 Å². The zero-order valence-corrected chi connectivity index (χ0v) is 9.20. The SMILES string of the molecule is CCC(C)CC(NC)c1cncnc1. The van der Waals surface area contributed by atoms with E-state index in [4.69, 9.17) is 0 Å². The molecule has 0 saturated heterocycles. The minimum atomic E-state index is 0.381. The summed E-state index contributed by atoms with van der Waals surface area (Å²) in [4.78, 5) is 8.07. The molecule has 1 N–H and O–H groups in total. The molecule has 0 bridgehead atoms. The second-order valence-corrected chi connectivity index (χ2v) is 3.76. The normalized spacial score (nSPS) is 15.1. The molecular weight excluding hydrogens is 174 g/mol. The molecule has 1 heterocycles. The maximum atomic E-state index is 4.04. The molecule has 0 radical (unpaired) electrons. The van der Waals surface area contributed by atoms with Crippen LogP contribution in [0.4, 0.5) is 0 Å². The van der Waals surface area contributed by atoms with Gasteiger partial charge in [0.05, 0.1) is 0 Å². The Labute approximate surface area is 86.0 Å². The Morgan fingerprint density at radius 1 is 1.36 bits per heavy atom. The van der Waals surface area contributed by atoms with E-state index < -0.39 is 0 Å². The minimum Gasteiger partial charge on any atom is -0.313 e. The van der Waals surface area contributed by atoms with Crippen LogP contribution in [0.25, 0.3) is 0 Å². The molecule has 14 heavy (non-hydrogen) atoms. The zero-order valence-electron chi connectivity index (χ0n) is 9.20. The highest BCUT2D eigenvalue weighted by atomic mass is 14.9. The van der Waals surface area contributed by atoms with Gasteiger partial charge in [0.2, 0.25) is 0 Å². The van der Waals surface area contributed by atoms with Crippen molar-refractivity contribution in [2.24, 2.45) is 5.92 Å². The summed E-state index contributed by atoms with van der Waals surface area (Å²) >= 11 is 0. The Kier molecular flexibility index (Phi) is 4.53. The number of hydrogen-bond acceptors (Lipinski definition) is 3. The van der Waals surface area contributed by atoms with Crippen molar-refractivity contribution in [3.8, 4) is 0 Å². The summed E-state index contributed by atoms with van der Waals surface area (Å²) in [5.41, 5.74) is 1.18. The summed E-state index contributed by atoms with van der Waals surface area (Å²) in [5.74, 6) is 0.729. The van der Waals surface area contributed by atoms with Crippen LogP contribution in [0.5, 0.6) is 0 Å². The molecule has 2 atom stereocenters. The molecular formula is C11H19N3. The van der Waals surface area contributed by atoms with Gasteiger partial charge < -0.3 is 5.32 Å². The first kappa shape index (κ1) is 11.1. The second kappa shape index (κ2) is 5.70. The van der Waals surface area contributed by atoms with E-state index >= 15 is 0 Å². The first-order valence-corrected chi connectivity index (χ1v) is 5.20. The maximum absolute atomic E-state index is 4.04. The van der Waals surface area contributed by atoms with Crippen molar-refractivity contribution in [2.75, 3.05) is 7.05 Å². The smallest absolute Gasteiger partial charge is 0.115 e. The molecule has 0 aliphatic rings. The Morgan fingerprint density at radius 2 is 2.00 bits per heavy atom. The molecule has 0 spiro atoms. The lowest BCUT2D eigenvalue weighted by Gasteiger charge is -2.19. The van der Waals surface area contributed by atoms with Gasteiger partial charge in [0, 0.05) is 24.0 Å². The predicted octanol–water partition coefficient (Wildman–Crippen LogP) is 2.17. The van der Waals surface area contributed by atoms with Crippen LogP contribution in [0.15, 0.2) is 18.7 Å². The fourth-order valence-electron chi connectivity index (χ4n) is 1.48. The van der Waals surface area contributed by atoms with Crippen molar-refractivity contribution in [3.05, 3.63) is 24.3 Å². The predicted molar refractivity (Wildman–Crippen MR) is 57.9 cm³/mol. The summed E-state index contributed by atoms with van der Waals surface area (Å²) in [6.45, 7) is 4.49. The van der Waals surface area contributed by atoms with Crippen LogP contribution in [0.3, 0.4) is 0 Å². The number of rotatable bonds is 5. The lowest BCUT2D eigenvalue weighted by atomic mass is 9.96. The third-order valence-electron chi connectivity index (χ3n) is 2.67. The average molecular weight is 193 g/mol. The van der Waals surface area contributed by atoms with Crippen molar-refractivity contribution in [1.29, 1.82) is 0 Å². The first-order chi connectivity index (χ1) is 6.77. The quantitative estimate of drug-likeness (QED) is 0.778. The van der Waals surface area contributed by atoms with E-state index in [1.165, 1.54) is 12.0 Å². The number of aromatic nitrogens is 2. The molecule has 1 rings (SSSR count). The van der Waals surface area contributed by atoms with Gasteiger partial charge in [-0.05, 0) is 19.4 Å². The second-order valence-electron chi connectivity index (χ2n) is 3.76. The molecule has 0 aromatic carbocycles. The van der Waals surface area contributed by atoms with E-state index in [9.17, 15) is 0 Å². The van der Waals surface area contributed by atoms with Gasteiger partial charge in [0.1, 0.15) is 6.33 Å². The molecule has 0 fully saturated rings. The maximum Gasteiger partial charge on any atom is 0.115 e. The Balaban J connectivity index is 2.63. The third kappa shape index (κ3) is 3.07. The van der Waals surface area contributed by atoms with E-state index in [-0.39, 0.29) is 0 Å². The van der Waals surface area contributed by atoms with Crippen molar-refractivity contribution in [3.63, 3.8) is 0 Å². The molecule has 3 nitrogen and oxygen atoms in total. The van der Waals surface area contributed by atoms with Crippen LogP contribution in [0.1, 0.15) is 38.3 Å². The van der Waals surface area contributed by atoms with E-state index in [2.05, 4.69) is 29.1 Å². The van der Waals surface area contributed by atoms with Gasteiger partial charge in [-0.25, -0.2) is 9.97 Å². The first-order valence-electron chi connectivity index (χ1n) is 5.20. The third-order valence-corrected chi connectivity index (χ3v) is 2.67. The Hall–Kier alpha value is -0.960. The van der Waals surface area contributed by atoms with E-state index in [1.54, 1.807) is 6.33 Å². The van der Waals surface area contributed by atoms with Gasteiger partial charge in [-0.15, -0.1) is 0 Å². The lowest BCUT2D eigenvalue weighted by Crippen LogP contribution is -2.19. The van der Waals surface area contributed by atoms with Crippen molar-refractivity contribution < 1.29 is 0 Å². The highest BCUT2D eigenvalue weighted by Crippen LogP contribution is 2.21. The van der Waals surface area contributed by atoms with Gasteiger partial charge >= 0.3 is 0 Å². The zero-order chi connectivity index (χ0) is 10.4. The Bertz CT molecular complexity index is 248. The molecule has 1 aromatic heterocycles. The van der Waals surface area contributed by atoms with Crippen LogP contribution in [0, 0.1) is 5.92 Å². The minimum absolute atomic E-state index is 0.381. The molecule has 1 aromatic rings. The summed E-state index contributed by atoms with van der Waals surface area (Å²) < 4.78 is 0. The van der Waals surface area contributed by atoms with Crippen molar-refractivity contribution >= 4 is 0 Å². The monoisotopic (exact) mass is 193 g/mol. The van der Waals surface area contributed by atoms with Crippen LogP contribution >= 0.6 is 0 Å². The van der Waals surface area contributed by atoms with Gasteiger partial charge in [0.25, 0.3) is 0 Å². The fourth-order valence-corrected chi connectivity index (χ4v) is 1.48. The number of nitrogens with one attached hydrogen (secondary N) is 1. The average Bonchev–Trinajstić information content (AvgIpc) is 2.26. The number of hydrogen-bond donors (Lipinski definition) is 1. The van der Waals surface area contributed by atoms with Gasteiger partial charge in [-0.2, -0.15) is 0 Å². The summed E-state index contributed by atoms with van der Waals surface area (Å²) in [5, 5.41) is 3.30. The highest BCUT2D eigenvalue weighted by Gasteiger charge is 2.12. The molecule has 0 aliphatic heterocycles. The van der Waals surface area contributed by atoms with Crippen LogP contribution in [-0.2, 0) is 0 Å². The standard InChI is InChI=1S/C11H19N3/c1-4-9(2)5-11(12-3)10-6-13-8-14-7-10/h6-9,11-12H,4-5H2,1-3H3. The fraction of sp³-hybridized carbons (Fsp3) is 0.636. The van der Waals surface area contributed by atoms with Gasteiger partial charge in [-0.3, -0.25) is 0 Å². The van der Waals surface area contributed by atoms with E-state index in [0.717, 1.165) is 12.3 Å². The summed E-state index contributed by atoms with van der Waals surface area (Å²) in [7, 11) is 1.99. The summed E-state index contributed by atoms with van der Waals surface area (Å²) in [6.07, 6.45) is 7.69. The van der Waals surface area contributed by atoms with Crippen LogP contribution in [0.2, 0.25) is 0 Å². The molecule has 0 aliphatic carbocycles. The van der Waals surface area contributed by atoms with Crippen LogP contribution in [-0.4, -0.2) is 17.0 Å². The molecule has 78 valence electrons. The summed E-state index contributed by atoms with van der Waals surface area (Å²) in [6, 6.07) is 0.381. The molecule has 3 heteroatoms. The van der Waals surface area contributed by atoms with Gasteiger partial charge in [0.15, 0.2) is 0 Å². The molecule has 0 saturated carbocycles. The highest BCUT2D eigenvalue weighted by molar-refractivity contribution is 5.08. The Morgan fingerprint density at radius 3 is 2.50 bits per heavy atom. The number of nitrogens with zero attached hydrogens (tertiary/aromatic N) is 2. The molecule has 0 amide bonds. The van der Waals surface area contributed by atoms with Crippen molar-refractivity contribution in [1.82, 2.24) is 15.3 Å². The van der Waals surface area contributed by atoms with E-state index in [1.807, 2.05) is 19.4 Å². The molecule has 2 unspecified atom stereocenters. The van der Waals surface area contributed by atoms with Gasteiger partial charge in [-0.1, -0.05) is 20.3 Å². The van der Waals surface area contributed by atoms with Crippen molar-refractivity contribution in [2.45, 2.75) is 32.7 Å². The lowest BCUT2D eigenvalue weighted by molar-refractivity contribution is 0.420. The van der Waals surface area contributed by atoms with Crippen LogP contribution < -0.4 is 5.32 Å².